The summed E-state index contributed by atoms with van der Waals surface area (Å²) in [6.45, 7) is 2.12. The highest BCUT2D eigenvalue weighted by atomic mass is 32.2. The lowest BCUT2D eigenvalue weighted by atomic mass is 10.3. The van der Waals surface area contributed by atoms with Crippen molar-refractivity contribution in [1.29, 1.82) is 0 Å². The fourth-order valence-electron chi connectivity index (χ4n) is 1.44. The minimum atomic E-state index is 0.143. The van der Waals surface area contributed by atoms with E-state index in [9.17, 15) is 0 Å². The molecule has 0 saturated heterocycles. The van der Waals surface area contributed by atoms with Crippen LogP contribution >= 0.6 is 23.1 Å². The monoisotopic (exact) mass is 249 g/mol. The van der Waals surface area contributed by atoms with Crippen molar-refractivity contribution in [3.05, 3.63) is 52.2 Å². The van der Waals surface area contributed by atoms with E-state index in [0.29, 0.717) is 0 Å². The minimum Gasteiger partial charge on any atom is -0.323 e. The summed E-state index contributed by atoms with van der Waals surface area (Å²) < 4.78 is 0. The van der Waals surface area contributed by atoms with Crippen molar-refractivity contribution in [2.45, 2.75) is 17.9 Å². The Kier molecular flexibility index (Phi) is 4.04. The van der Waals surface area contributed by atoms with Crippen LogP contribution in [-0.2, 0) is 0 Å². The van der Waals surface area contributed by atoms with Gasteiger partial charge < -0.3 is 5.73 Å². The smallest absolute Gasteiger partial charge is 0.0485 e. The Hall–Kier alpha value is -0.770. The van der Waals surface area contributed by atoms with E-state index in [1.807, 2.05) is 17.8 Å². The maximum Gasteiger partial charge on any atom is 0.0485 e. The third-order valence-corrected chi connectivity index (χ3v) is 4.56. The van der Waals surface area contributed by atoms with Crippen LogP contribution in [0, 0.1) is 6.92 Å². The number of rotatable bonds is 4. The molecule has 3 heteroatoms. The summed E-state index contributed by atoms with van der Waals surface area (Å²) in [4.78, 5) is 3.89. The van der Waals surface area contributed by atoms with Crippen molar-refractivity contribution >= 4 is 23.1 Å². The van der Waals surface area contributed by atoms with Crippen molar-refractivity contribution in [2.75, 3.05) is 5.75 Å². The molecule has 0 fully saturated rings. The van der Waals surface area contributed by atoms with Gasteiger partial charge >= 0.3 is 0 Å². The molecule has 84 valence electrons. The number of benzene rings is 1. The summed E-state index contributed by atoms with van der Waals surface area (Å²) in [7, 11) is 0. The van der Waals surface area contributed by atoms with Gasteiger partial charge in [0.25, 0.3) is 0 Å². The fraction of sp³-hybridized carbons (Fsp3) is 0.231. The number of aryl methyl sites for hydroxylation is 1. The highest BCUT2D eigenvalue weighted by Gasteiger charge is 2.08. The van der Waals surface area contributed by atoms with E-state index in [2.05, 4.69) is 43.3 Å². The highest BCUT2D eigenvalue weighted by Crippen LogP contribution is 2.27. The Labute approximate surface area is 105 Å². The van der Waals surface area contributed by atoms with Gasteiger partial charge in [-0.2, -0.15) is 0 Å². The first-order chi connectivity index (χ1) is 7.75. The molecule has 1 unspecified atom stereocenters. The van der Waals surface area contributed by atoms with E-state index in [4.69, 9.17) is 5.73 Å². The molecule has 1 nitrogen and oxygen atoms in total. The molecule has 0 amide bonds. The van der Waals surface area contributed by atoms with Gasteiger partial charge in [-0.05, 0) is 31.2 Å². The van der Waals surface area contributed by atoms with Gasteiger partial charge in [-0.25, -0.2) is 0 Å². The summed E-state index contributed by atoms with van der Waals surface area (Å²) in [6, 6.07) is 14.8. The summed E-state index contributed by atoms with van der Waals surface area (Å²) in [6.07, 6.45) is 0. The lowest BCUT2D eigenvalue weighted by molar-refractivity contribution is 0.852. The number of thiophene rings is 1. The third kappa shape index (κ3) is 3.11. The molecule has 1 atom stereocenters. The predicted molar refractivity (Wildman–Crippen MR) is 73.2 cm³/mol. The molecule has 2 aromatic rings. The van der Waals surface area contributed by atoms with Gasteiger partial charge in [0.2, 0.25) is 0 Å². The molecular formula is C13H15NS2. The van der Waals surface area contributed by atoms with Crippen LogP contribution in [0.25, 0.3) is 0 Å². The maximum atomic E-state index is 6.15. The van der Waals surface area contributed by atoms with Crippen molar-refractivity contribution in [2.24, 2.45) is 5.73 Å². The molecule has 0 saturated carbocycles. The van der Waals surface area contributed by atoms with E-state index in [0.717, 1.165) is 5.75 Å². The Morgan fingerprint density at radius 2 is 1.94 bits per heavy atom. The van der Waals surface area contributed by atoms with Crippen molar-refractivity contribution in [1.82, 2.24) is 0 Å². The molecule has 2 N–H and O–H groups in total. The van der Waals surface area contributed by atoms with Crippen molar-refractivity contribution in [3.63, 3.8) is 0 Å². The predicted octanol–water partition coefficient (Wildman–Crippen LogP) is 3.85. The van der Waals surface area contributed by atoms with Crippen molar-refractivity contribution < 1.29 is 0 Å². The van der Waals surface area contributed by atoms with E-state index >= 15 is 0 Å². The normalized spacial score (nSPS) is 12.6. The van der Waals surface area contributed by atoms with E-state index < -0.39 is 0 Å². The van der Waals surface area contributed by atoms with Gasteiger partial charge in [0.1, 0.15) is 0 Å². The van der Waals surface area contributed by atoms with Crippen LogP contribution in [0.3, 0.4) is 0 Å². The Morgan fingerprint density at radius 3 is 2.56 bits per heavy atom. The maximum absolute atomic E-state index is 6.15. The molecule has 0 aliphatic rings. The first-order valence-electron chi connectivity index (χ1n) is 5.25. The number of nitrogens with two attached hydrogens (primary N) is 1. The molecule has 2 rings (SSSR count). The lowest BCUT2D eigenvalue weighted by Gasteiger charge is -2.08. The van der Waals surface area contributed by atoms with Gasteiger partial charge in [-0.3, -0.25) is 0 Å². The van der Waals surface area contributed by atoms with E-state index in [-0.39, 0.29) is 6.04 Å². The first kappa shape index (κ1) is 11.7. The van der Waals surface area contributed by atoms with Crippen molar-refractivity contribution in [3.8, 4) is 0 Å². The summed E-state index contributed by atoms with van der Waals surface area (Å²) >= 11 is 3.61. The number of hydrogen-bond acceptors (Lipinski definition) is 3. The molecule has 0 radical (unpaired) electrons. The molecule has 16 heavy (non-hydrogen) atoms. The lowest BCUT2D eigenvalue weighted by Crippen LogP contribution is -2.11. The molecule has 0 aliphatic heterocycles. The van der Waals surface area contributed by atoms with Gasteiger partial charge in [0.15, 0.2) is 0 Å². The first-order valence-corrected chi connectivity index (χ1v) is 7.05. The molecule has 1 aromatic carbocycles. The molecule has 0 spiro atoms. The van der Waals surface area contributed by atoms with Gasteiger partial charge in [-0.15, -0.1) is 23.1 Å². The zero-order valence-corrected chi connectivity index (χ0v) is 10.9. The van der Waals surface area contributed by atoms with Crippen LogP contribution in [0.4, 0.5) is 0 Å². The molecule has 0 aliphatic carbocycles. The molecule has 1 heterocycles. The van der Waals surface area contributed by atoms with Crippen LogP contribution in [0.2, 0.25) is 0 Å². The van der Waals surface area contributed by atoms with Crippen LogP contribution in [0.1, 0.15) is 15.8 Å². The molecular weight excluding hydrogens is 234 g/mol. The zero-order chi connectivity index (χ0) is 11.4. The highest BCUT2D eigenvalue weighted by molar-refractivity contribution is 7.99. The van der Waals surface area contributed by atoms with Crippen LogP contribution < -0.4 is 5.73 Å². The van der Waals surface area contributed by atoms with Gasteiger partial charge in [-0.1, -0.05) is 18.2 Å². The summed E-state index contributed by atoms with van der Waals surface area (Å²) in [5.74, 6) is 0.934. The average Bonchev–Trinajstić information content (AvgIpc) is 2.74. The number of thioether (sulfide) groups is 1. The third-order valence-electron chi connectivity index (χ3n) is 2.30. The second-order valence-corrected chi connectivity index (χ2v) is 6.09. The Morgan fingerprint density at radius 1 is 1.19 bits per heavy atom. The fourth-order valence-corrected chi connectivity index (χ4v) is 3.32. The Balaban J connectivity index is 1.91. The minimum absolute atomic E-state index is 0.143. The molecule has 0 bridgehead atoms. The summed E-state index contributed by atoms with van der Waals surface area (Å²) in [5, 5.41) is 0. The average molecular weight is 249 g/mol. The Bertz CT molecular complexity index is 436. The van der Waals surface area contributed by atoms with Crippen LogP contribution in [0.15, 0.2) is 47.4 Å². The standard InChI is InChI=1S/C13H15NS2/c1-10-7-8-13(16-10)12(14)9-15-11-5-3-2-4-6-11/h2-8,12H,9,14H2,1H3. The van der Waals surface area contributed by atoms with Gasteiger partial charge in [0, 0.05) is 26.4 Å². The SMILES string of the molecule is Cc1ccc(C(N)CSc2ccccc2)s1. The topological polar surface area (TPSA) is 26.0 Å². The summed E-state index contributed by atoms with van der Waals surface area (Å²) in [5.41, 5.74) is 6.15. The second kappa shape index (κ2) is 5.53. The van der Waals surface area contributed by atoms with E-state index in [1.54, 1.807) is 11.3 Å². The van der Waals surface area contributed by atoms with Gasteiger partial charge in [0.05, 0.1) is 0 Å². The van der Waals surface area contributed by atoms with Crippen LogP contribution in [0.5, 0.6) is 0 Å². The van der Waals surface area contributed by atoms with Crippen LogP contribution in [-0.4, -0.2) is 5.75 Å². The number of hydrogen-bond donors (Lipinski definition) is 1. The zero-order valence-electron chi connectivity index (χ0n) is 9.22. The second-order valence-electron chi connectivity index (χ2n) is 3.68. The molecule has 1 aromatic heterocycles. The quantitative estimate of drug-likeness (QED) is 0.833. The van der Waals surface area contributed by atoms with E-state index in [1.165, 1.54) is 14.6 Å². The largest absolute Gasteiger partial charge is 0.323 e.